The minimum Gasteiger partial charge on any atom is -0.497 e. The molecule has 0 saturated heterocycles. The van der Waals surface area contributed by atoms with Crippen molar-refractivity contribution in [3.63, 3.8) is 0 Å². The number of benzene rings is 2. The number of ether oxygens (including phenoxy) is 2. The van der Waals surface area contributed by atoms with E-state index < -0.39 is 5.91 Å². The van der Waals surface area contributed by atoms with Gasteiger partial charge in [-0.05, 0) is 24.3 Å². The summed E-state index contributed by atoms with van der Waals surface area (Å²) in [6.07, 6.45) is 0. The molecule has 1 heterocycles. The van der Waals surface area contributed by atoms with Crippen LogP contribution in [-0.2, 0) is 0 Å². The second-order valence-corrected chi connectivity index (χ2v) is 4.99. The molecule has 0 aliphatic rings. The summed E-state index contributed by atoms with van der Waals surface area (Å²) in [5, 5.41) is 3.10. The van der Waals surface area contributed by atoms with Gasteiger partial charge in [-0.15, -0.1) is 0 Å². The van der Waals surface area contributed by atoms with E-state index in [-0.39, 0.29) is 11.2 Å². The van der Waals surface area contributed by atoms with Crippen molar-refractivity contribution in [3.05, 3.63) is 64.5 Å². The third-order valence-electron chi connectivity index (χ3n) is 3.52. The molecule has 122 valence electrons. The number of carbonyl (C=O) groups is 1. The standard InChI is InChI=1S/C18H15NO5/c1-22-11-7-8-13(16(9-11)23-2)19-18(21)17-10-14(20)12-5-3-4-6-15(12)24-17/h3-10H,1-2H3,(H,19,21). The maximum atomic E-state index is 12.4. The Hall–Kier alpha value is -3.28. The van der Waals surface area contributed by atoms with Crippen LogP contribution in [0.3, 0.4) is 0 Å². The van der Waals surface area contributed by atoms with E-state index in [4.69, 9.17) is 13.9 Å². The second-order valence-electron chi connectivity index (χ2n) is 4.99. The fourth-order valence-corrected chi connectivity index (χ4v) is 2.30. The van der Waals surface area contributed by atoms with Crippen molar-refractivity contribution in [3.8, 4) is 11.5 Å². The van der Waals surface area contributed by atoms with Crippen LogP contribution in [0.15, 0.2) is 57.7 Å². The molecule has 24 heavy (non-hydrogen) atoms. The Morgan fingerprint density at radius 1 is 1.04 bits per heavy atom. The number of para-hydroxylation sites is 1. The fourth-order valence-electron chi connectivity index (χ4n) is 2.30. The SMILES string of the molecule is COc1ccc(NC(=O)c2cc(=O)c3ccccc3o2)c(OC)c1. The quantitative estimate of drug-likeness (QED) is 0.797. The van der Waals surface area contributed by atoms with E-state index in [1.54, 1.807) is 42.5 Å². The van der Waals surface area contributed by atoms with Crippen molar-refractivity contribution in [2.45, 2.75) is 0 Å². The molecule has 1 amide bonds. The Balaban J connectivity index is 1.94. The summed E-state index contributed by atoms with van der Waals surface area (Å²) in [5.74, 6) is 0.422. The molecule has 1 aromatic heterocycles. The molecule has 0 radical (unpaired) electrons. The first-order chi connectivity index (χ1) is 11.6. The third-order valence-corrected chi connectivity index (χ3v) is 3.52. The molecular formula is C18H15NO5. The van der Waals surface area contributed by atoms with Crippen LogP contribution >= 0.6 is 0 Å². The molecule has 0 aliphatic heterocycles. The summed E-state index contributed by atoms with van der Waals surface area (Å²) in [7, 11) is 3.03. The van der Waals surface area contributed by atoms with Crippen LogP contribution in [0.25, 0.3) is 11.0 Å². The lowest BCUT2D eigenvalue weighted by Crippen LogP contribution is -2.15. The highest BCUT2D eigenvalue weighted by atomic mass is 16.5. The number of hydrogen-bond acceptors (Lipinski definition) is 5. The first-order valence-corrected chi connectivity index (χ1v) is 7.18. The number of anilines is 1. The van der Waals surface area contributed by atoms with Gasteiger partial charge >= 0.3 is 0 Å². The van der Waals surface area contributed by atoms with Gasteiger partial charge in [-0.3, -0.25) is 9.59 Å². The topological polar surface area (TPSA) is 77.8 Å². The number of amides is 1. The zero-order valence-electron chi connectivity index (χ0n) is 13.2. The smallest absolute Gasteiger partial charge is 0.291 e. The van der Waals surface area contributed by atoms with E-state index >= 15 is 0 Å². The van der Waals surface area contributed by atoms with Crippen LogP contribution in [0.2, 0.25) is 0 Å². The van der Waals surface area contributed by atoms with Crippen molar-refractivity contribution < 1.29 is 18.7 Å². The van der Waals surface area contributed by atoms with Gasteiger partial charge in [0.15, 0.2) is 11.2 Å². The van der Waals surface area contributed by atoms with E-state index in [1.165, 1.54) is 20.3 Å². The normalized spacial score (nSPS) is 10.4. The van der Waals surface area contributed by atoms with Crippen LogP contribution in [0.4, 0.5) is 5.69 Å². The maximum Gasteiger partial charge on any atom is 0.291 e. The zero-order chi connectivity index (χ0) is 17.1. The summed E-state index contributed by atoms with van der Waals surface area (Å²) in [6, 6.07) is 12.9. The van der Waals surface area contributed by atoms with E-state index in [9.17, 15) is 9.59 Å². The Morgan fingerprint density at radius 3 is 2.58 bits per heavy atom. The molecule has 0 atom stereocenters. The molecule has 0 aliphatic carbocycles. The number of carbonyl (C=O) groups excluding carboxylic acids is 1. The summed E-state index contributed by atoms with van der Waals surface area (Å²) in [5.41, 5.74) is 0.527. The van der Waals surface area contributed by atoms with Crippen molar-refractivity contribution in [2.24, 2.45) is 0 Å². The van der Waals surface area contributed by atoms with Gasteiger partial charge in [-0.25, -0.2) is 0 Å². The molecule has 2 aromatic carbocycles. The molecule has 6 nitrogen and oxygen atoms in total. The number of fused-ring (bicyclic) bond motifs is 1. The van der Waals surface area contributed by atoms with Crippen LogP contribution in [-0.4, -0.2) is 20.1 Å². The number of rotatable bonds is 4. The monoisotopic (exact) mass is 325 g/mol. The van der Waals surface area contributed by atoms with Crippen LogP contribution in [0.1, 0.15) is 10.6 Å². The van der Waals surface area contributed by atoms with Gasteiger partial charge < -0.3 is 19.2 Å². The lowest BCUT2D eigenvalue weighted by molar-refractivity contribution is 0.0997. The molecule has 6 heteroatoms. The maximum absolute atomic E-state index is 12.4. The lowest BCUT2D eigenvalue weighted by atomic mass is 10.2. The predicted molar refractivity (Wildman–Crippen MR) is 90.0 cm³/mol. The number of hydrogen-bond donors (Lipinski definition) is 1. The average Bonchev–Trinajstić information content (AvgIpc) is 2.62. The molecule has 0 fully saturated rings. The zero-order valence-corrected chi connectivity index (χ0v) is 13.2. The summed E-state index contributed by atoms with van der Waals surface area (Å²) >= 11 is 0. The lowest BCUT2D eigenvalue weighted by Gasteiger charge is -2.11. The molecule has 0 spiro atoms. The van der Waals surface area contributed by atoms with Crippen molar-refractivity contribution in [1.82, 2.24) is 0 Å². The first-order valence-electron chi connectivity index (χ1n) is 7.18. The Morgan fingerprint density at radius 2 is 1.83 bits per heavy atom. The van der Waals surface area contributed by atoms with Gasteiger partial charge in [0.2, 0.25) is 0 Å². The minimum absolute atomic E-state index is 0.0726. The predicted octanol–water partition coefficient (Wildman–Crippen LogP) is 3.06. The molecule has 3 aromatic rings. The fraction of sp³-hybridized carbons (Fsp3) is 0.111. The highest BCUT2D eigenvalue weighted by Gasteiger charge is 2.15. The van der Waals surface area contributed by atoms with Crippen molar-refractivity contribution in [2.75, 3.05) is 19.5 Å². The van der Waals surface area contributed by atoms with Crippen molar-refractivity contribution >= 4 is 22.6 Å². The summed E-state index contributed by atoms with van der Waals surface area (Å²) < 4.78 is 15.9. The molecule has 0 saturated carbocycles. The van der Waals surface area contributed by atoms with Crippen molar-refractivity contribution in [1.29, 1.82) is 0 Å². The van der Waals surface area contributed by atoms with E-state index in [1.807, 2.05) is 0 Å². The van der Waals surface area contributed by atoms with Crippen LogP contribution in [0.5, 0.6) is 11.5 Å². The largest absolute Gasteiger partial charge is 0.497 e. The number of nitrogens with one attached hydrogen (secondary N) is 1. The highest BCUT2D eigenvalue weighted by Crippen LogP contribution is 2.29. The Labute approximate surface area is 137 Å². The molecule has 0 unspecified atom stereocenters. The minimum atomic E-state index is -0.540. The molecule has 1 N–H and O–H groups in total. The average molecular weight is 325 g/mol. The Bertz CT molecular complexity index is 961. The van der Waals surface area contributed by atoms with Gasteiger partial charge in [-0.2, -0.15) is 0 Å². The van der Waals surface area contributed by atoms with Gasteiger partial charge in [0.25, 0.3) is 5.91 Å². The van der Waals surface area contributed by atoms with E-state index in [2.05, 4.69) is 5.32 Å². The first kappa shape index (κ1) is 15.6. The Kier molecular flexibility index (Phi) is 4.20. The van der Waals surface area contributed by atoms with Gasteiger partial charge in [-0.1, -0.05) is 12.1 Å². The molecule has 3 rings (SSSR count). The van der Waals surface area contributed by atoms with Gasteiger partial charge in [0.1, 0.15) is 17.1 Å². The van der Waals surface area contributed by atoms with Gasteiger partial charge in [0.05, 0.1) is 25.3 Å². The van der Waals surface area contributed by atoms with E-state index in [0.29, 0.717) is 28.2 Å². The summed E-state index contributed by atoms with van der Waals surface area (Å²) in [6.45, 7) is 0. The second kappa shape index (κ2) is 6.45. The van der Waals surface area contributed by atoms with Crippen LogP contribution in [0, 0.1) is 0 Å². The van der Waals surface area contributed by atoms with Gasteiger partial charge in [0, 0.05) is 12.1 Å². The van der Waals surface area contributed by atoms with E-state index in [0.717, 1.165) is 0 Å². The number of methoxy groups -OCH3 is 2. The third kappa shape index (κ3) is 2.94. The van der Waals surface area contributed by atoms with Crippen LogP contribution < -0.4 is 20.2 Å². The highest BCUT2D eigenvalue weighted by molar-refractivity contribution is 6.03. The summed E-state index contributed by atoms with van der Waals surface area (Å²) in [4.78, 5) is 24.5. The molecule has 0 bridgehead atoms. The molecular weight excluding hydrogens is 310 g/mol.